The molecular weight excluding hydrogens is 459 g/mol. The van der Waals surface area contributed by atoms with Gasteiger partial charge in [-0.25, -0.2) is 8.42 Å². The number of amides is 1. The van der Waals surface area contributed by atoms with E-state index in [9.17, 15) is 13.2 Å². The number of hydrogen-bond donors (Lipinski definition) is 0. The quantitative estimate of drug-likeness (QED) is 0.648. The van der Waals surface area contributed by atoms with Crippen LogP contribution >= 0.6 is 23.2 Å². The Morgan fingerprint density at radius 1 is 0.968 bits per heavy atom. The Morgan fingerprint density at radius 2 is 1.68 bits per heavy atom. The highest BCUT2D eigenvalue weighted by atomic mass is 35.5. The second kappa shape index (κ2) is 9.46. The number of morpholine rings is 1. The Labute approximate surface area is 192 Å². The lowest BCUT2D eigenvalue weighted by molar-refractivity contribution is -0.0228. The maximum absolute atomic E-state index is 13.2. The van der Waals surface area contributed by atoms with E-state index in [0.717, 1.165) is 24.8 Å². The van der Waals surface area contributed by atoms with Crippen molar-refractivity contribution in [2.75, 3.05) is 32.8 Å². The van der Waals surface area contributed by atoms with E-state index in [1.54, 1.807) is 23.1 Å². The van der Waals surface area contributed by atoms with Crippen LogP contribution in [0.4, 0.5) is 0 Å². The van der Waals surface area contributed by atoms with E-state index in [-0.39, 0.29) is 21.9 Å². The van der Waals surface area contributed by atoms with Crippen molar-refractivity contribution < 1.29 is 17.9 Å². The van der Waals surface area contributed by atoms with Crippen LogP contribution in [0.3, 0.4) is 0 Å². The molecule has 2 heterocycles. The monoisotopic (exact) mass is 482 g/mol. The fraction of sp³-hybridized carbons (Fsp3) is 0.409. The Bertz CT molecular complexity index is 1050. The van der Waals surface area contributed by atoms with Crippen molar-refractivity contribution in [1.29, 1.82) is 0 Å². The molecule has 6 nitrogen and oxygen atoms in total. The number of rotatable bonds is 4. The average molecular weight is 483 g/mol. The number of carbonyl (C=O) groups is 1. The fourth-order valence-electron chi connectivity index (χ4n) is 3.97. The molecule has 2 aliphatic rings. The highest BCUT2D eigenvalue weighted by Gasteiger charge is 2.31. The van der Waals surface area contributed by atoms with Gasteiger partial charge in [0.1, 0.15) is 11.0 Å². The molecule has 2 aromatic rings. The lowest BCUT2D eigenvalue weighted by atomic mass is 10.1. The van der Waals surface area contributed by atoms with Crippen LogP contribution in [-0.2, 0) is 14.8 Å². The first-order valence-electron chi connectivity index (χ1n) is 10.3. The molecule has 2 aromatic carbocycles. The summed E-state index contributed by atoms with van der Waals surface area (Å²) in [7, 11) is -3.74. The number of hydrogen-bond acceptors (Lipinski definition) is 4. The third kappa shape index (κ3) is 4.91. The molecule has 1 amide bonds. The molecule has 0 radical (unpaired) electrons. The molecular formula is C22H24Cl2N2O4S. The van der Waals surface area contributed by atoms with Crippen LogP contribution in [0.2, 0.25) is 10.0 Å². The Hall–Kier alpha value is -1.64. The minimum atomic E-state index is -3.74. The van der Waals surface area contributed by atoms with Gasteiger partial charge in [-0.2, -0.15) is 4.31 Å². The summed E-state index contributed by atoms with van der Waals surface area (Å²) in [5.41, 5.74) is 1.24. The van der Waals surface area contributed by atoms with Crippen LogP contribution < -0.4 is 0 Å². The van der Waals surface area contributed by atoms with Crippen molar-refractivity contribution in [3.8, 4) is 0 Å². The van der Waals surface area contributed by atoms with Gasteiger partial charge >= 0.3 is 0 Å². The number of ether oxygens (including phenoxy) is 1. The summed E-state index contributed by atoms with van der Waals surface area (Å²) in [4.78, 5) is 14.9. The highest BCUT2D eigenvalue weighted by molar-refractivity contribution is 7.89. The molecule has 9 heteroatoms. The highest BCUT2D eigenvalue weighted by Crippen LogP contribution is 2.29. The van der Waals surface area contributed by atoms with Gasteiger partial charge in [-0.15, -0.1) is 0 Å². The zero-order valence-corrected chi connectivity index (χ0v) is 19.3. The number of benzene rings is 2. The first-order valence-corrected chi connectivity index (χ1v) is 12.5. The zero-order valence-electron chi connectivity index (χ0n) is 17.0. The summed E-state index contributed by atoms with van der Waals surface area (Å²) in [6, 6.07) is 11.8. The smallest absolute Gasteiger partial charge is 0.254 e. The van der Waals surface area contributed by atoms with Crippen LogP contribution in [0, 0.1) is 0 Å². The van der Waals surface area contributed by atoms with Crippen LogP contribution in [0.5, 0.6) is 0 Å². The third-order valence-electron chi connectivity index (χ3n) is 5.71. The molecule has 2 fully saturated rings. The van der Waals surface area contributed by atoms with Crippen LogP contribution in [0.25, 0.3) is 0 Å². The third-order valence-corrected chi connectivity index (χ3v) is 8.34. The summed E-state index contributed by atoms with van der Waals surface area (Å²) in [6.07, 6.45) is 2.41. The topological polar surface area (TPSA) is 66.9 Å². The minimum Gasteiger partial charge on any atom is -0.370 e. The van der Waals surface area contributed by atoms with Crippen LogP contribution in [-0.4, -0.2) is 56.3 Å². The largest absolute Gasteiger partial charge is 0.370 e. The van der Waals surface area contributed by atoms with Gasteiger partial charge in [0.25, 0.3) is 5.91 Å². The SMILES string of the molecule is O=C(c1ccc(Cl)c(S(=O)(=O)N2CCCCC2)c1)N1CCOC(c2ccc(Cl)cc2)C1. The number of halogens is 2. The first kappa shape index (κ1) is 22.6. The van der Waals surface area contributed by atoms with E-state index in [1.165, 1.54) is 16.4 Å². The van der Waals surface area contributed by atoms with Gasteiger partial charge in [0.15, 0.2) is 0 Å². The Balaban J connectivity index is 1.56. The van der Waals surface area contributed by atoms with E-state index >= 15 is 0 Å². The molecule has 2 saturated heterocycles. The number of sulfonamides is 1. The van der Waals surface area contributed by atoms with Crippen molar-refractivity contribution in [3.05, 3.63) is 63.6 Å². The Morgan fingerprint density at radius 3 is 2.39 bits per heavy atom. The molecule has 0 spiro atoms. The molecule has 0 aromatic heterocycles. The van der Waals surface area contributed by atoms with Crippen molar-refractivity contribution in [2.24, 2.45) is 0 Å². The molecule has 1 unspecified atom stereocenters. The van der Waals surface area contributed by atoms with Crippen molar-refractivity contribution >= 4 is 39.1 Å². The average Bonchev–Trinajstić information content (AvgIpc) is 2.80. The molecule has 0 N–H and O–H groups in total. The van der Waals surface area contributed by atoms with E-state index in [1.807, 2.05) is 12.1 Å². The molecule has 166 valence electrons. The molecule has 0 aliphatic carbocycles. The normalized spacial score (nSPS) is 20.6. The molecule has 31 heavy (non-hydrogen) atoms. The lowest BCUT2D eigenvalue weighted by Gasteiger charge is -2.33. The molecule has 1 atom stereocenters. The molecule has 2 aliphatic heterocycles. The van der Waals surface area contributed by atoms with Gasteiger partial charge in [-0.3, -0.25) is 4.79 Å². The summed E-state index contributed by atoms with van der Waals surface area (Å²) in [5, 5.41) is 0.763. The van der Waals surface area contributed by atoms with Gasteiger partial charge < -0.3 is 9.64 Å². The van der Waals surface area contributed by atoms with Crippen LogP contribution in [0.15, 0.2) is 47.4 Å². The van der Waals surface area contributed by atoms with Crippen LogP contribution in [0.1, 0.15) is 41.3 Å². The van der Waals surface area contributed by atoms with Crippen molar-refractivity contribution in [2.45, 2.75) is 30.3 Å². The van der Waals surface area contributed by atoms with E-state index < -0.39 is 10.0 Å². The van der Waals surface area contributed by atoms with Gasteiger partial charge in [-0.1, -0.05) is 41.8 Å². The van der Waals surface area contributed by atoms with E-state index in [0.29, 0.717) is 43.4 Å². The summed E-state index contributed by atoms with van der Waals surface area (Å²) in [5.74, 6) is -0.242. The van der Waals surface area contributed by atoms with E-state index in [2.05, 4.69) is 0 Å². The number of nitrogens with zero attached hydrogens (tertiary/aromatic N) is 2. The Kier molecular flexibility index (Phi) is 6.89. The maximum Gasteiger partial charge on any atom is 0.254 e. The predicted octanol–water partition coefficient (Wildman–Crippen LogP) is 4.38. The second-order valence-corrected chi connectivity index (χ2v) is 10.5. The summed E-state index contributed by atoms with van der Waals surface area (Å²) >= 11 is 12.2. The lowest BCUT2D eigenvalue weighted by Crippen LogP contribution is -2.42. The summed E-state index contributed by atoms with van der Waals surface area (Å²) in [6.45, 7) is 2.15. The zero-order chi connectivity index (χ0) is 22.0. The minimum absolute atomic E-state index is 0.00979. The number of carbonyl (C=O) groups excluding carboxylic acids is 1. The van der Waals surface area contributed by atoms with Gasteiger partial charge in [0, 0.05) is 30.2 Å². The van der Waals surface area contributed by atoms with Crippen molar-refractivity contribution in [3.63, 3.8) is 0 Å². The predicted molar refractivity (Wildman–Crippen MR) is 120 cm³/mol. The summed E-state index contributed by atoms with van der Waals surface area (Å²) < 4.78 is 33.5. The van der Waals surface area contributed by atoms with E-state index in [4.69, 9.17) is 27.9 Å². The van der Waals surface area contributed by atoms with Gasteiger partial charge in [0.2, 0.25) is 10.0 Å². The standard InChI is InChI=1S/C22H24Cl2N2O4S/c23-18-7-4-16(5-8-18)20-15-25(12-13-30-20)22(27)17-6-9-19(24)21(14-17)31(28,29)26-10-2-1-3-11-26/h4-9,14,20H,1-3,10-13,15H2. The van der Waals surface area contributed by atoms with Gasteiger partial charge in [-0.05, 0) is 48.7 Å². The van der Waals surface area contributed by atoms with Crippen molar-refractivity contribution in [1.82, 2.24) is 9.21 Å². The first-order chi connectivity index (χ1) is 14.9. The molecule has 0 bridgehead atoms. The number of piperidine rings is 1. The molecule has 0 saturated carbocycles. The molecule has 4 rings (SSSR count). The maximum atomic E-state index is 13.2. The second-order valence-electron chi connectivity index (χ2n) is 7.77. The van der Waals surface area contributed by atoms with Gasteiger partial charge in [0.05, 0.1) is 18.2 Å². The fourth-order valence-corrected chi connectivity index (χ4v) is 6.12.